The fourth-order valence-electron chi connectivity index (χ4n) is 4.48. The van der Waals surface area contributed by atoms with Crippen molar-refractivity contribution in [2.75, 3.05) is 18.0 Å². The maximum atomic E-state index is 14.1. The molecule has 0 saturated carbocycles. The Bertz CT molecular complexity index is 1420. The fraction of sp³-hybridized carbons (Fsp3) is 0.375. The molecule has 2 atom stereocenters. The Morgan fingerprint density at radius 1 is 0.902 bits per heavy atom. The molecule has 3 aromatic carbocycles. The lowest BCUT2D eigenvalue weighted by molar-refractivity contribution is -0.140. The van der Waals surface area contributed by atoms with Gasteiger partial charge >= 0.3 is 0 Å². The molecule has 0 heterocycles. The van der Waals surface area contributed by atoms with Gasteiger partial charge in [-0.3, -0.25) is 13.9 Å². The van der Waals surface area contributed by atoms with Crippen LogP contribution in [0.25, 0.3) is 0 Å². The van der Waals surface area contributed by atoms with Gasteiger partial charge in [0.25, 0.3) is 10.0 Å². The van der Waals surface area contributed by atoms with E-state index in [4.69, 9.17) is 4.74 Å². The summed E-state index contributed by atoms with van der Waals surface area (Å²) in [5.74, 6) is -0.220. The van der Waals surface area contributed by atoms with Crippen LogP contribution >= 0.6 is 0 Å². The third-order valence-corrected chi connectivity index (χ3v) is 8.86. The topological polar surface area (TPSA) is 96.0 Å². The van der Waals surface area contributed by atoms with E-state index in [1.54, 1.807) is 36.4 Å². The molecule has 0 unspecified atom stereocenters. The predicted molar refractivity (Wildman–Crippen MR) is 162 cm³/mol. The largest absolute Gasteiger partial charge is 0.497 e. The Morgan fingerprint density at radius 3 is 2.12 bits per heavy atom. The van der Waals surface area contributed by atoms with E-state index in [9.17, 15) is 18.0 Å². The van der Waals surface area contributed by atoms with E-state index in [2.05, 4.69) is 5.32 Å². The second-order valence-corrected chi connectivity index (χ2v) is 12.1. The summed E-state index contributed by atoms with van der Waals surface area (Å²) < 4.78 is 34.2. The summed E-state index contributed by atoms with van der Waals surface area (Å²) in [6.07, 6.45) is 1.12. The molecule has 220 valence electrons. The van der Waals surface area contributed by atoms with Crippen molar-refractivity contribution in [2.24, 2.45) is 0 Å². The highest BCUT2D eigenvalue weighted by atomic mass is 32.2. The van der Waals surface area contributed by atoms with Crippen LogP contribution in [0.1, 0.15) is 50.3 Å². The first-order valence-electron chi connectivity index (χ1n) is 13.9. The van der Waals surface area contributed by atoms with Gasteiger partial charge in [0.15, 0.2) is 0 Å². The van der Waals surface area contributed by atoms with Gasteiger partial charge in [-0.05, 0) is 75.6 Å². The van der Waals surface area contributed by atoms with E-state index in [-0.39, 0.29) is 23.4 Å². The van der Waals surface area contributed by atoms with Crippen molar-refractivity contribution in [1.29, 1.82) is 0 Å². The first-order chi connectivity index (χ1) is 19.5. The van der Waals surface area contributed by atoms with Gasteiger partial charge in [0.05, 0.1) is 17.7 Å². The van der Waals surface area contributed by atoms with Crippen molar-refractivity contribution in [3.63, 3.8) is 0 Å². The average Bonchev–Trinajstić information content (AvgIpc) is 2.96. The second-order valence-electron chi connectivity index (χ2n) is 10.3. The van der Waals surface area contributed by atoms with E-state index in [0.29, 0.717) is 17.9 Å². The number of anilines is 1. The van der Waals surface area contributed by atoms with Gasteiger partial charge in [0, 0.05) is 12.6 Å². The van der Waals surface area contributed by atoms with E-state index in [0.717, 1.165) is 27.4 Å². The Kier molecular flexibility index (Phi) is 10.9. The highest BCUT2D eigenvalue weighted by Crippen LogP contribution is 2.26. The lowest BCUT2D eigenvalue weighted by atomic mass is 10.1. The van der Waals surface area contributed by atoms with Gasteiger partial charge in [-0.25, -0.2) is 8.42 Å². The summed E-state index contributed by atoms with van der Waals surface area (Å²) >= 11 is 0. The van der Waals surface area contributed by atoms with E-state index < -0.39 is 28.5 Å². The van der Waals surface area contributed by atoms with Crippen LogP contribution in [0.2, 0.25) is 0 Å². The van der Waals surface area contributed by atoms with E-state index in [1.165, 1.54) is 24.1 Å². The second kappa shape index (κ2) is 14.2. The number of methoxy groups -OCH3 is 1. The molecule has 0 saturated heterocycles. The summed E-state index contributed by atoms with van der Waals surface area (Å²) in [6.45, 7) is 9.30. The average molecular weight is 580 g/mol. The number of benzene rings is 3. The molecule has 9 heteroatoms. The molecule has 2 amide bonds. The van der Waals surface area contributed by atoms with Crippen molar-refractivity contribution in [1.82, 2.24) is 10.2 Å². The molecule has 0 spiro atoms. The number of hydrogen-bond acceptors (Lipinski definition) is 5. The SMILES string of the molecule is CC[C@H](C)NC(=O)[C@H](CC)N(Cc1cccc(C)c1)C(=O)CN(c1ccc(C)cc1)S(=O)(=O)c1ccc(OC)cc1. The Balaban J connectivity index is 2.05. The zero-order valence-electron chi connectivity index (χ0n) is 24.8. The molecule has 0 aliphatic carbocycles. The molecule has 41 heavy (non-hydrogen) atoms. The van der Waals surface area contributed by atoms with Crippen molar-refractivity contribution in [3.05, 3.63) is 89.5 Å². The standard InChI is InChI=1S/C32H41N3O5S/c1-7-25(5)33-32(37)30(8-2)34(21-26-11-9-10-24(4)20-26)31(36)22-35(27-14-12-23(3)13-15-27)41(38,39)29-18-16-28(40-6)17-19-29/h9-20,25,30H,7-8,21-22H2,1-6H3,(H,33,37)/t25-,30-/m0/s1. The Labute approximate surface area is 244 Å². The van der Waals surface area contributed by atoms with Crippen LogP contribution in [0, 0.1) is 13.8 Å². The first kappa shape index (κ1) is 31.7. The lowest BCUT2D eigenvalue weighted by Gasteiger charge is -2.33. The Morgan fingerprint density at radius 2 is 1.56 bits per heavy atom. The quantitative estimate of drug-likeness (QED) is 0.299. The molecule has 0 aliphatic rings. The minimum Gasteiger partial charge on any atom is -0.497 e. The first-order valence-corrected chi connectivity index (χ1v) is 15.3. The van der Waals surface area contributed by atoms with Gasteiger partial charge in [0.2, 0.25) is 11.8 Å². The molecule has 8 nitrogen and oxygen atoms in total. The maximum absolute atomic E-state index is 14.1. The molecule has 3 aromatic rings. The zero-order valence-corrected chi connectivity index (χ0v) is 25.6. The van der Waals surface area contributed by atoms with Gasteiger partial charge < -0.3 is 15.0 Å². The highest BCUT2D eigenvalue weighted by molar-refractivity contribution is 7.92. The molecule has 0 aliphatic heterocycles. The monoisotopic (exact) mass is 579 g/mol. The van der Waals surface area contributed by atoms with Crippen LogP contribution in [-0.4, -0.2) is 50.9 Å². The summed E-state index contributed by atoms with van der Waals surface area (Å²) in [5, 5.41) is 2.99. The molecule has 0 radical (unpaired) electrons. The lowest BCUT2D eigenvalue weighted by Crippen LogP contribution is -2.53. The number of hydrogen-bond donors (Lipinski definition) is 1. The van der Waals surface area contributed by atoms with Crippen molar-refractivity contribution < 1.29 is 22.7 Å². The maximum Gasteiger partial charge on any atom is 0.264 e. The Hall–Kier alpha value is -3.85. The summed E-state index contributed by atoms with van der Waals surface area (Å²) in [5.41, 5.74) is 3.19. The molecular weight excluding hydrogens is 538 g/mol. The van der Waals surface area contributed by atoms with Crippen LogP contribution in [0.3, 0.4) is 0 Å². The van der Waals surface area contributed by atoms with Gasteiger partial charge in [-0.1, -0.05) is 61.4 Å². The summed E-state index contributed by atoms with van der Waals surface area (Å²) in [7, 11) is -2.64. The molecule has 0 bridgehead atoms. The van der Waals surface area contributed by atoms with Crippen molar-refractivity contribution >= 4 is 27.5 Å². The number of nitrogens with zero attached hydrogens (tertiary/aromatic N) is 2. The van der Waals surface area contributed by atoms with E-state index >= 15 is 0 Å². The summed E-state index contributed by atoms with van der Waals surface area (Å²) in [4.78, 5) is 29.0. The number of amides is 2. The number of carbonyl (C=O) groups excluding carboxylic acids is 2. The fourth-order valence-corrected chi connectivity index (χ4v) is 5.90. The molecular formula is C32H41N3O5S. The number of ether oxygens (including phenoxy) is 1. The molecule has 3 rings (SSSR count). The third-order valence-electron chi connectivity index (χ3n) is 7.07. The van der Waals surface area contributed by atoms with Gasteiger partial charge in [-0.2, -0.15) is 0 Å². The van der Waals surface area contributed by atoms with Crippen molar-refractivity contribution in [3.8, 4) is 5.75 Å². The van der Waals surface area contributed by atoms with Gasteiger partial charge in [-0.15, -0.1) is 0 Å². The van der Waals surface area contributed by atoms with Crippen molar-refractivity contribution in [2.45, 2.75) is 71.0 Å². The molecule has 0 fully saturated rings. The number of aryl methyl sites for hydroxylation is 2. The minimum atomic E-state index is -4.15. The number of nitrogens with one attached hydrogen (secondary N) is 1. The molecule has 1 N–H and O–H groups in total. The number of rotatable bonds is 13. The smallest absolute Gasteiger partial charge is 0.264 e. The summed E-state index contributed by atoms with van der Waals surface area (Å²) in [6, 6.07) is 19.9. The van der Waals surface area contributed by atoms with Crippen LogP contribution in [-0.2, 0) is 26.2 Å². The van der Waals surface area contributed by atoms with Gasteiger partial charge in [0.1, 0.15) is 18.3 Å². The minimum absolute atomic E-state index is 0.0264. The van der Waals surface area contributed by atoms with Crippen LogP contribution in [0.5, 0.6) is 5.75 Å². The van der Waals surface area contributed by atoms with Crippen LogP contribution < -0.4 is 14.4 Å². The number of carbonyl (C=O) groups is 2. The third kappa shape index (κ3) is 8.10. The highest BCUT2D eigenvalue weighted by Gasteiger charge is 2.34. The predicted octanol–water partition coefficient (Wildman–Crippen LogP) is 5.23. The van der Waals surface area contributed by atoms with Crippen LogP contribution in [0.15, 0.2) is 77.7 Å². The number of sulfonamides is 1. The molecule has 0 aromatic heterocycles. The zero-order chi connectivity index (χ0) is 30.2. The normalized spacial score (nSPS) is 12.7. The van der Waals surface area contributed by atoms with E-state index in [1.807, 2.05) is 58.9 Å². The van der Waals surface area contributed by atoms with Crippen LogP contribution in [0.4, 0.5) is 5.69 Å².